The quantitative estimate of drug-likeness (QED) is 0.733. The molecule has 0 saturated heterocycles. The number of rotatable bonds is 3. The summed E-state index contributed by atoms with van der Waals surface area (Å²) in [6.07, 6.45) is 12.2. The van der Waals surface area contributed by atoms with Gasteiger partial charge in [0.15, 0.2) is 0 Å². The van der Waals surface area contributed by atoms with Gasteiger partial charge in [-0.1, -0.05) is 19.2 Å². The molecule has 24 heavy (non-hydrogen) atoms. The van der Waals surface area contributed by atoms with Crippen molar-refractivity contribution in [1.82, 2.24) is 19.3 Å². The van der Waals surface area contributed by atoms with E-state index in [9.17, 15) is 4.39 Å². The molecule has 118 valence electrons. The van der Waals surface area contributed by atoms with Gasteiger partial charge >= 0.3 is 0 Å². The zero-order valence-corrected chi connectivity index (χ0v) is 13.0. The molecule has 4 nitrogen and oxygen atoms in total. The van der Waals surface area contributed by atoms with Crippen molar-refractivity contribution in [2.24, 2.45) is 0 Å². The molecule has 0 fully saturated rings. The van der Waals surface area contributed by atoms with E-state index in [0.717, 1.165) is 16.9 Å². The summed E-state index contributed by atoms with van der Waals surface area (Å²) in [6.45, 7) is 8.40. The van der Waals surface area contributed by atoms with Gasteiger partial charge in [0.2, 0.25) is 0 Å². The number of hydrogen-bond donors (Lipinski definition) is 0. The summed E-state index contributed by atoms with van der Waals surface area (Å²) in [5.74, 6) is -0.339. The number of halogens is 1. The van der Waals surface area contributed by atoms with Crippen molar-refractivity contribution in [3.8, 4) is 0 Å². The number of pyridine rings is 2. The predicted molar refractivity (Wildman–Crippen MR) is 93.1 cm³/mol. The molecule has 0 N–H and O–H groups in total. The highest BCUT2D eigenvalue weighted by Gasteiger charge is 2.19. The average Bonchev–Trinajstić information content (AvgIpc) is 2.99. The van der Waals surface area contributed by atoms with Gasteiger partial charge in [-0.3, -0.25) is 4.98 Å². The fraction of sp³-hybridized carbons (Fsp3) is 0.0526. The number of hydrogen-bond acceptors (Lipinski definition) is 3. The summed E-state index contributed by atoms with van der Waals surface area (Å²) in [5, 5.41) is 0. The monoisotopic (exact) mass is 318 g/mol. The Balaban J connectivity index is 1.65. The molecule has 0 aliphatic carbocycles. The van der Waals surface area contributed by atoms with Crippen molar-refractivity contribution in [2.75, 3.05) is 0 Å². The second-order valence-corrected chi connectivity index (χ2v) is 5.64. The maximum Gasteiger partial charge on any atom is 0.149 e. The van der Waals surface area contributed by atoms with E-state index in [1.54, 1.807) is 18.3 Å². The summed E-state index contributed by atoms with van der Waals surface area (Å²) in [5.41, 5.74) is 4.74. The lowest BCUT2D eigenvalue weighted by molar-refractivity contribution is 0.516. The SMILES string of the molecule is C=Cc1ccc2nc(CN3C=Cc4c(F)cncc4C3=C)cn2c1. The van der Waals surface area contributed by atoms with Crippen molar-refractivity contribution in [3.05, 3.63) is 84.5 Å². The van der Waals surface area contributed by atoms with E-state index in [1.807, 2.05) is 40.0 Å². The Morgan fingerprint density at radius 1 is 1.21 bits per heavy atom. The number of aromatic nitrogens is 3. The fourth-order valence-corrected chi connectivity index (χ4v) is 2.83. The van der Waals surface area contributed by atoms with Gasteiger partial charge in [0.1, 0.15) is 11.5 Å². The van der Waals surface area contributed by atoms with Crippen LogP contribution in [0.3, 0.4) is 0 Å². The number of fused-ring (bicyclic) bond motifs is 2. The maximum atomic E-state index is 13.8. The number of imidazole rings is 1. The highest BCUT2D eigenvalue weighted by molar-refractivity contribution is 5.76. The number of nitrogens with zero attached hydrogens (tertiary/aromatic N) is 4. The van der Waals surface area contributed by atoms with Crippen molar-refractivity contribution >= 4 is 23.5 Å². The molecular weight excluding hydrogens is 303 g/mol. The molecule has 0 amide bonds. The van der Waals surface area contributed by atoms with Crippen molar-refractivity contribution in [3.63, 3.8) is 0 Å². The van der Waals surface area contributed by atoms with Crippen molar-refractivity contribution in [2.45, 2.75) is 6.54 Å². The van der Waals surface area contributed by atoms with Gasteiger partial charge in [-0.15, -0.1) is 0 Å². The van der Waals surface area contributed by atoms with Crippen LogP contribution in [0.2, 0.25) is 0 Å². The van der Waals surface area contributed by atoms with Crippen LogP contribution >= 0.6 is 0 Å². The minimum Gasteiger partial charge on any atom is -0.342 e. The first-order valence-electron chi connectivity index (χ1n) is 7.53. The van der Waals surface area contributed by atoms with Crippen LogP contribution < -0.4 is 0 Å². The van der Waals surface area contributed by atoms with Gasteiger partial charge in [-0.25, -0.2) is 9.37 Å². The Bertz CT molecular complexity index is 1000. The molecule has 4 rings (SSSR count). The van der Waals surface area contributed by atoms with E-state index in [-0.39, 0.29) is 5.82 Å². The second-order valence-electron chi connectivity index (χ2n) is 5.64. The Labute approximate surface area is 138 Å². The van der Waals surface area contributed by atoms with Gasteiger partial charge < -0.3 is 9.30 Å². The molecule has 0 aromatic carbocycles. The van der Waals surface area contributed by atoms with Crippen LogP contribution in [0.1, 0.15) is 22.4 Å². The van der Waals surface area contributed by atoms with Crippen LogP contribution in [-0.2, 0) is 6.54 Å². The fourth-order valence-electron chi connectivity index (χ4n) is 2.83. The predicted octanol–water partition coefficient (Wildman–Crippen LogP) is 3.97. The molecule has 3 aromatic heterocycles. The van der Waals surface area contributed by atoms with Crippen LogP contribution in [0.25, 0.3) is 23.5 Å². The van der Waals surface area contributed by atoms with E-state index < -0.39 is 0 Å². The summed E-state index contributed by atoms with van der Waals surface area (Å²) >= 11 is 0. The van der Waals surface area contributed by atoms with E-state index in [2.05, 4.69) is 23.1 Å². The summed E-state index contributed by atoms with van der Waals surface area (Å²) in [4.78, 5) is 10.5. The lowest BCUT2D eigenvalue weighted by atomic mass is 10.0. The van der Waals surface area contributed by atoms with Gasteiger partial charge in [0.25, 0.3) is 0 Å². The minimum absolute atomic E-state index is 0.339. The van der Waals surface area contributed by atoms with Crippen LogP contribution in [0.4, 0.5) is 4.39 Å². The third kappa shape index (κ3) is 2.31. The van der Waals surface area contributed by atoms with Crippen LogP contribution in [0, 0.1) is 5.82 Å². The largest absolute Gasteiger partial charge is 0.342 e. The first kappa shape index (κ1) is 14.4. The third-order valence-electron chi connectivity index (χ3n) is 4.11. The lowest BCUT2D eigenvalue weighted by Gasteiger charge is -2.26. The zero-order chi connectivity index (χ0) is 16.7. The third-order valence-corrected chi connectivity index (χ3v) is 4.11. The Hall–Kier alpha value is -3.21. The summed E-state index contributed by atoms with van der Waals surface area (Å²) in [7, 11) is 0. The Morgan fingerprint density at radius 3 is 2.92 bits per heavy atom. The molecule has 0 radical (unpaired) electrons. The molecule has 3 aromatic rings. The minimum atomic E-state index is -0.339. The Morgan fingerprint density at radius 2 is 2.08 bits per heavy atom. The summed E-state index contributed by atoms with van der Waals surface area (Å²) in [6, 6.07) is 3.93. The van der Waals surface area contributed by atoms with Gasteiger partial charge in [0, 0.05) is 41.6 Å². The highest BCUT2D eigenvalue weighted by atomic mass is 19.1. The van der Waals surface area contributed by atoms with Gasteiger partial charge in [-0.2, -0.15) is 0 Å². The van der Waals surface area contributed by atoms with Gasteiger partial charge in [0.05, 0.1) is 18.4 Å². The highest BCUT2D eigenvalue weighted by Crippen LogP contribution is 2.30. The van der Waals surface area contributed by atoms with Crippen molar-refractivity contribution in [1.29, 1.82) is 0 Å². The maximum absolute atomic E-state index is 13.8. The standard InChI is InChI=1S/C19H15FN4/c1-3-14-4-5-19-22-15(12-24(19)10-14)11-23-7-6-16-17(13(23)2)8-21-9-18(16)20/h3-10,12H,1-2,11H2. The molecule has 0 spiro atoms. The van der Waals surface area contributed by atoms with E-state index in [1.165, 1.54) is 6.20 Å². The molecule has 0 saturated carbocycles. The summed E-state index contributed by atoms with van der Waals surface area (Å²) < 4.78 is 15.8. The van der Waals surface area contributed by atoms with Crippen LogP contribution in [0.5, 0.6) is 0 Å². The molecule has 0 bridgehead atoms. The van der Waals surface area contributed by atoms with E-state index >= 15 is 0 Å². The second kappa shape index (κ2) is 5.45. The molecular formula is C19H15FN4. The van der Waals surface area contributed by atoms with Crippen LogP contribution in [-0.4, -0.2) is 19.3 Å². The molecule has 5 heteroatoms. The smallest absolute Gasteiger partial charge is 0.149 e. The topological polar surface area (TPSA) is 33.4 Å². The normalized spacial score (nSPS) is 13.4. The molecule has 4 heterocycles. The van der Waals surface area contributed by atoms with E-state index in [4.69, 9.17) is 0 Å². The average molecular weight is 318 g/mol. The van der Waals surface area contributed by atoms with Crippen molar-refractivity contribution < 1.29 is 4.39 Å². The molecule has 1 aliphatic heterocycles. The Kier molecular flexibility index (Phi) is 3.27. The first-order valence-corrected chi connectivity index (χ1v) is 7.53. The first-order chi connectivity index (χ1) is 11.7. The zero-order valence-electron chi connectivity index (χ0n) is 13.0. The molecule has 0 atom stereocenters. The van der Waals surface area contributed by atoms with E-state index in [0.29, 0.717) is 23.4 Å². The molecule has 0 unspecified atom stereocenters. The van der Waals surface area contributed by atoms with Gasteiger partial charge in [-0.05, 0) is 23.8 Å². The lowest BCUT2D eigenvalue weighted by Crippen LogP contribution is -2.18. The molecule has 1 aliphatic rings. The van der Waals surface area contributed by atoms with Crippen LogP contribution in [0.15, 0.2) is 56.3 Å².